The fraction of sp³-hybridized carbons (Fsp3) is 0.471. The molecule has 0 bridgehead atoms. The summed E-state index contributed by atoms with van der Waals surface area (Å²) < 4.78 is 0. The van der Waals surface area contributed by atoms with Gasteiger partial charge in [0.25, 0.3) is 0 Å². The summed E-state index contributed by atoms with van der Waals surface area (Å²) >= 11 is 0. The van der Waals surface area contributed by atoms with Crippen molar-refractivity contribution in [3.63, 3.8) is 0 Å². The van der Waals surface area contributed by atoms with Crippen LogP contribution >= 0.6 is 0 Å². The first-order valence-corrected chi connectivity index (χ1v) is 8.00. The second-order valence-corrected chi connectivity index (χ2v) is 6.37. The molecular weight excluding hydrogens is 276 g/mol. The topological polar surface area (TPSA) is 58.1 Å². The van der Waals surface area contributed by atoms with Crippen molar-refractivity contribution in [1.82, 2.24) is 15.3 Å². The number of hydrogen-bond acceptors (Lipinski definition) is 4. The van der Waals surface area contributed by atoms with Crippen LogP contribution in [0.4, 0.5) is 5.82 Å². The van der Waals surface area contributed by atoms with Crippen LogP contribution in [0.3, 0.4) is 0 Å². The largest absolute Gasteiger partial charge is 0.350 e. The lowest BCUT2D eigenvalue weighted by Gasteiger charge is -2.44. The van der Waals surface area contributed by atoms with Gasteiger partial charge in [0.05, 0.1) is 18.1 Å². The minimum Gasteiger partial charge on any atom is -0.350 e. The summed E-state index contributed by atoms with van der Waals surface area (Å²) in [6.45, 7) is 2.46. The normalized spacial score (nSPS) is 25.0. The highest BCUT2D eigenvalue weighted by atomic mass is 16.2. The minimum absolute atomic E-state index is 0.0996. The van der Waals surface area contributed by atoms with Crippen LogP contribution in [0.1, 0.15) is 31.2 Å². The molecule has 1 aliphatic heterocycles. The Labute approximate surface area is 129 Å². The van der Waals surface area contributed by atoms with Crippen LogP contribution in [0.15, 0.2) is 24.5 Å². The van der Waals surface area contributed by atoms with Crippen molar-refractivity contribution >= 4 is 22.6 Å². The van der Waals surface area contributed by atoms with Crippen molar-refractivity contribution in [1.29, 1.82) is 0 Å². The molecule has 4 rings (SSSR count). The number of anilines is 1. The molecule has 114 valence electrons. The SMILES string of the molecule is Cc1ccc2ncnc(N3CC(=O)NC4CCCCC43)c2c1. The summed E-state index contributed by atoms with van der Waals surface area (Å²) in [5, 5.41) is 4.20. The number of rotatable bonds is 1. The number of amides is 1. The molecule has 1 saturated heterocycles. The number of carbonyl (C=O) groups is 1. The Morgan fingerprint density at radius 2 is 2.09 bits per heavy atom. The van der Waals surface area contributed by atoms with Crippen LogP contribution in [-0.4, -0.2) is 34.5 Å². The lowest BCUT2D eigenvalue weighted by Crippen LogP contribution is -2.62. The van der Waals surface area contributed by atoms with Gasteiger partial charge in [-0.05, 0) is 31.9 Å². The molecule has 2 aromatic rings. The van der Waals surface area contributed by atoms with E-state index in [-0.39, 0.29) is 11.9 Å². The average molecular weight is 296 g/mol. The van der Waals surface area contributed by atoms with Gasteiger partial charge in [-0.15, -0.1) is 0 Å². The predicted molar refractivity (Wildman–Crippen MR) is 85.8 cm³/mol. The van der Waals surface area contributed by atoms with Gasteiger partial charge in [0.15, 0.2) is 0 Å². The first-order valence-electron chi connectivity index (χ1n) is 8.00. The summed E-state index contributed by atoms with van der Waals surface area (Å²) in [7, 11) is 0. The van der Waals surface area contributed by atoms with E-state index in [1.54, 1.807) is 6.33 Å². The lowest BCUT2D eigenvalue weighted by atomic mass is 9.87. The van der Waals surface area contributed by atoms with Gasteiger partial charge in [-0.2, -0.15) is 0 Å². The molecule has 1 aromatic carbocycles. The molecule has 1 aliphatic carbocycles. The molecule has 1 N–H and O–H groups in total. The molecular formula is C17H20N4O. The zero-order chi connectivity index (χ0) is 15.1. The number of aromatic nitrogens is 2. The Morgan fingerprint density at radius 3 is 3.00 bits per heavy atom. The maximum absolute atomic E-state index is 12.1. The number of piperazine rings is 1. The standard InChI is InChI=1S/C17H20N4O/c1-11-6-7-13-12(8-11)17(19-10-18-13)21-9-16(22)20-14-4-2-3-5-15(14)21/h6-8,10,14-15H,2-5,9H2,1H3,(H,20,22). The number of fused-ring (bicyclic) bond motifs is 2. The maximum atomic E-state index is 12.1. The minimum atomic E-state index is 0.0996. The Hall–Kier alpha value is -2.17. The number of nitrogens with zero attached hydrogens (tertiary/aromatic N) is 3. The highest BCUT2D eigenvalue weighted by Crippen LogP contribution is 2.32. The van der Waals surface area contributed by atoms with Gasteiger partial charge < -0.3 is 10.2 Å². The quantitative estimate of drug-likeness (QED) is 0.876. The van der Waals surface area contributed by atoms with Gasteiger partial charge in [-0.3, -0.25) is 4.79 Å². The third-order valence-corrected chi connectivity index (χ3v) is 4.83. The van der Waals surface area contributed by atoms with Crippen molar-refractivity contribution in [2.45, 2.75) is 44.7 Å². The fourth-order valence-electron chi connectivity index (χ4n) is 3.79. The monoisotopic (exact) mass is 296 g/mol. The van der Waals surface area contributed by atoms with E-state index in [0.717, 1.165) is 29.6 Å². The molecule has 0 radical (unpaired) electrons. The zero-order valence-electron chi connectivity index (χ0n) is 12.7. The van der Waals surface area contributed by atoms with Gasteiger partial charge in [0.2, 0.25) is 5.91 Å². The van der Waals surface area contributed by atoms with E-state index in [2.05, 4.69) is 39.2 Å². The first kappa shape index (κ1) is 13.5. The highest BCUT2D eigenvalue weighted by Gasteiger charge is 2.37. The summed E-state index contributed by atoms with van der Waals surface area (Å²) in [5.41, 5.74) is 2.12. The summed E-state index contributed by atoms with van der Waals surface area (Å²) in [5.74, 6) is 1.00. The van der Waals surface area contributed by atoms with E-state index < -0.39 is 0 Å². The number of carbonyl (C=O) groups excluding carboxylic acids is 1. The third kappa shape index (κ3) is 2.21. The van der Waals surface area contributed by atoms with Crippen LogP contribution in [0.2, 0.25) is 0 Å². The van der Waals surface area contributed by atoms with Crippen LogP contribution in [0.5, 0.6) is 0 Å². The second-order valence-electron chi connectivity index (χ2n) is 6.37. The third-order valence-electron chi connectivity index (χ3n) is 4.83. The molecule has 2 unspecified atom stereocenters. The number of benzene rings is 1. The molecule has 0 spiro atoms. The van der Waals surface area contributed by atoms with Crippen molar-refractivity contribution in [3.05, 3.63) is 30.1 Å². The van der Waals surface area contributed by atoms with Crippen LogP contribution < -0.4 is 10.2 Å². The van der Waals surface area contributed by atoms with Crippen LogP contribution in [0, 0.1) is 6.92 Å². The predicted octanol–water partition coefficient (Wildman–Crippen LogP) is 2.19. The maximum Gasteiger partial charge on any atom is 0.239 e. The molecule has 1 amide bonds. The summed E-state index contributed by atoms with van der Waals surface area (Å²) in [4.78, 5) is 23.2. The van der Waals surface area contributed by atoms with Gasteiger partial charge in [-0.25, -0.2) is 9.97 Å². The molecule has 5 nitrogen and oxygen atoms in total. The van der Waals surface area contributed by atoms with E-state index in [1.807, 2.05) is 6.07 Å². The molecule has 1 aromatic heterocycles. The van der Waals surface area contributed by atoms with E-state index in [4.69, 9.17) is 0 Å². The Morgan fingerprint density at radius 1 is 1.23 bits per heavy atom. The number of aryl methyl sites for hydroxylation is 1. The first-order chi connectivity index (χ1) is 10.7. The summed E-state index contributed by atoms with van der Waals surface area (Å²) in [6, 6.07) is 6.81. The van der Waals surface area contributed by atoms with E-state index in [0.29, 0.717) is 12.6 Å². The summed E-state index contributed by atoms with van der Waals surface area (Å²) in [6.07, 6.45) is 6.20. The van der Waals surface area contributed by atoms with Crippen molar-refractivity contribution < 1.29 is 4.79 Å². The number of nitrogens with one attached hydrogen (secondary N) is 1. The van der Waals surface area contributed by atoms with E-state index in [9.17, 15) is 4.79 Å². The average Bonchev–Trinajstić information content (AvgIpc) is 2.53. The van der Waals surface area contributed by atoms with Crippen LogP contribution in [0.25, 0.3) is 10.9 Å². The second kappa shape index (κ2) is 5.23. The van der Waals surface area contributed by atoms with Crippen LogP contribution in [-0.2, 0) is 4.79 Å². The lowest BCUT2D eigenvalue weighted by molar-refractivity contribution is -0.122. The van der Waals surface area contributed by atoms with Gasteiger partial charge in [0.1, 0.15) is 12.1 Å². The van der Waals surface area contributed by atoms with Crippen molar-refractivity contribution in [2.75, 3.05) is 11.4 Å². The fourth-order valence-corrected chi connectivity index (χ4v) is 3.79. The zero-order valence-corrected chi connectivity index (χ0v) is 12.7. The van der Waals surface area contributed by atoms with Gasteiger partial charge in [-0.1, -0.05) is 24.5 Å². The van der Waals surface area contributed by atoms with Gasteiger partial charge in [0, 0.05) is 11.4 Å². The highest BCUT2D eigenvalue weighted by molar-refractivity contribution is 5.93. The van der Waals surface area contributed by atoms with Gasteiger partial charge >= 0.3 is 0 Å². The molecule has 2 heterocycles. The number of hydrogen-bond donors (Lipinski definition) is 1. The van der Waals surface area contributed by atoms with E-state index >= 15 is 0 Å². The smallest absolute Gasteiger partial charge is 0.239 e. The molecule has 2 atom stereocenters. The molecule has 1 saturated carbocycles. The Balaban J connectivity index is 1.82. The Kier molecular flexibility index (Phi) is 3.21. The van der Waals surface area contributed by atoms with E-state index in [1.165, 1.54) is 18.4 Å². The molecule has 2 fully saturated rings. The Bertz CT molecular complexity index is 730. The van der Waals surface area contributed by atoms with Crippen molar-refractivity contribution in [3.8, 4) is 0 Å². The molecule has 22 heavy (non-hydrogen) atoms. The molecule has 2 aliphatic rings. The molecule has 5 heteroatoms. The van der Waals surface area contributed by atoms with Crippen molar-refractivity contribution in [2.24, 2.45) is 0 Å².